The zero-order valence-corrected chi connectivity index (χ0v) is 14.1. The van der Waals surface area contributed by atoms with E-state index in [1.54, 1.807) is 28.4 Å². The smallest absolute Gasteiger partial charge is 0.254 e. The molecule has 0 bridgehead atoms. The first-order chi connectivity index (χ1) is 11.6. The third-order valence-electron chi connectivity index (χ3n) is 4.15. The summed E-state index contributed by atoms with van der Waals surface area (Å²) in [6.07, 6.45) is 1.55. The Labute approximate surface area is 145 Å². The van der Waals surface area contributed by atoms with Gasteiger partial charge >= 0.3 is 0 Å². The van der Waals surface area contributed by atoms with Crippen LogP contribution < -0.4 is 10.5 Å². The number of nitrogens with two attached hydrogens (primary N) is 1. The molecule has 1 unspecified atom stereocenters. The number of hydrogen-bond donors (Lipinski definition) is 1. The van der Waals surface area contributed by atoms with Crippen molar-refractivity contribution in [3.8, 4) is 5.75 Å². The molecular formula is C18H20N2O3S. The molecule has 5 nitrogen and oxygen atoms in total. The highest BCUT2D eigenvalue weighted by atomic mass is 32.1. The van der Waals surface area contributed by atoms with Crippen LogP contribution in [-0.4, -0.2) is 29.8 Å². The van der Waals surface area contributed by atoms with Gasteiger partial charge in [0.05, 0.1) is 5.92 Å². The molecule has 0 saturated carbocycles. The average Bonchev–Trinajstić information content (AvgIpc) is 3.13. The van der Waals surface area contributed by atoms with E-state index in [2.05, 4.69) is 0 Å². The van der Waals surface area contributed by atoms with Gasteiger partial charge in [0.2, 0.25) is 5.91 Å². The van der Waals surface area contributed by atoms with Gasteiger partial charge in [-0.15, -0.1) is 11.3 Å². The first-order valence-corrected chi connectivity index (χ1v) is 8.85. The van der Waals surface area contributed by atoms with Gasteiger partial charge in [0, 0.05) is 23.5 Å². The van der Waals surface area contributed by atoms with Crippen LogP contribution in [0, 0.1) is 5.92 Å². The molecule has 2 N–H and O–H groups in total. The van der Waals surface area contributed by atoms with Crippen LogP contribution in [0.1, 0.15) is 28.1 Å². The number of carbonyl (C=O) groups excluding carboxylic acids is 2. The monoisotopic (exact) mass is 344 g/mol. The van der Waals surface area contributed by atoms with Gasteiger partial charge in [0.15, 0.2) is 0 Å². The minimum absolute atomic E-state index is 0.0810. The quantitative estimate of drug-likeness (QED) is 0.906. The molecule has 126 valence electrons. The summed E-state index contributed by atoms with van der Waals surface area (Å²) in [6.45, 7) is 1.54. The van der Waals surface area contributed by atoms with Crippen molar-refractivity contribution in [1.82, 2.24) is 4.90 Å². The fraction of sp³-hybridized carbons (Fsp3) is 0.333. The number of hydrogen-bond acceptors (Lipinski definition) is 4. The lowest BCUT2D eigenvalue weighted by Crippen LogP contribution is -2.44. The van der Waals surface area contributed by atoms with Crippen LogP contribution in [0.4, 0.5) is 0 Å². The highest BCUT2D eigenvalue weighted by molar-refractivity contribution is 7.09. The molecule has 1 aromatic heterocycles. The zero-order valence-electron chi connectivity index (χ0n) is 13.3. The lowest BCUT2D eigenvalue weighted by molar-refractivity contribution is -0.123. The molecule has 1 saturated heterocycles. The Balaban J connectivity index is 1.66. The van der Waals surface area contributed by atoms with Gasteiger partial charge in [0.1, 0.15) is 12.4 Å². The molecule has 1 aliphatic rings. The van der Waals surface area contributed by atoms with Crippen LogP contribution in [0.3, 0.4) is 0 Å². The number of thiophene rings is 1. The summed E-state index contributed by atoms with van der Waals surface area (Å²) in [5.41, 5.74) is 5.96. The Hall–Kier alpha value is -2.34. The lowest BCUT2D eigenvalue weighted by atomic mass is 9.97. The molecule has 2 aromatic rings. The summed E-state index contributed by atoms with van der Waals surface area (Å²) < 4.78 is 5.75. The minimum atomic E-state index is -0.333. The lowest BCUT2D eigenvalue weighted by Gasteiger charge is -2.31. The van der Waals surface area contributed by atoms with Crippen molar-refractivity contribution in [3.63, 3.8) is 0 Å². The van der Waals surface area contributed by atoms with E-state index in [9.17, 15) is 9.59 Å². The summed E-state index contributed by atoms with van der Waals surface area (Å²) in [5.74, 6) is 0.00160. The van der Waals surface area contributed by atoms with Crippen LogP contribution in [0.15, 0.2) is 41.8 Å². The van der Waals surface area contributed by atoms with E-state index in [4.69, 9.17) is 10.5 Å². The third-order valence-corrected chi connectivity index (χ3v) is 5.00. The second-order valence-electron chi connectivity index (χ2n) is 5.89. The normalized spacial score (nSPS) is 17.5. The highest BCUT2D eigenvalue weighted by Crippen LogP contribution is 2.21. The number of carbonyl (C=O) groups is 2. The van der Waals surface area contributed by atoms with Crippen molar-refractivity contribution < 1.29 is 14.3 Å². The van der Waals surface area contributed by atoms with E-state index in [-0.39, 0.29) is 17.7 Å². The van der Waals surface area contributed by atoms with Gasteiger partial charge in [-0.2, -0.15) is 0 Å². The van der Waals surface area contributed by atoms with Crippen molar-refractivity contribution in [2.24, 2.45) is 11.7 Å². The van der Waals surface area contributed by atoms with Crippen LogP contribution in [0.25, 0.3) is 0 Å². The molecule has 1 atom stereocenters. The van der Waals surface area contributed by atoms with Crippen LogP contribution in [0.2, 0.25) is 0 Å². The standard InChI is InChI=1S/C18H20N2O3S/c19-17(21)14-5-2-8-20(11-14)18(22)13-4-1-6-15(10-13)23-12-16-7-3-9-24-16/h1,3-4,6-7,9-10,14H,2,5,8,11-12H2,(H2,19,21). The Bertz CT molecular complexity index is 715. The van der Waals surface area contributed by atoms with Crippen molar-refractivity contribution in [3.05, 3.63) is 52.2 Å². The maximum absolute atomic E-state index is 12.7. The van der Waals surface area contributed by atoms with Crippen molar-refractivity contribution >= 4 is 23.2 Å². The van der Waals surface area contributed by atoms with Crippen LogP contribution >= 0.6 is 11.3 Å². The Kier molecular flexibility index (Phi) is 5.15. The first-order valence-electron chi connectivity index (χ1n) is 7.97. The van der Waals surface area contributed by atoms with Crippen LogP contribution in [0.5, 0.6) is 5.75 Å². The Morgan fingerprint density at radius 3 is 2.92 bits per heavy atom. The predicted molar refractivity (Wildman–Crippen MR) is 92.9 cm³/mol. The van der Waals surface area contributed by atoms with Gasteiger partial charge in [-0.05, 0) is 42.5 Å². The number of amides is 2. The van der Waals surface area contributed by atoms with Crippen LogP contribution in [-0.2, 0) is 11.4 Å². The summed E-state index contributed by atoms with van der Waals surface area (Å²) in [7, 11) is 0. The second-order valence-corrected chi connectivity index (χ2v) is 6.92. The average molecular weight is 344 g/mol. The van der Waals surface area contributed by atoms with Gasteiger partial charge in [-0.1, -0.05) is 12.1 Å². The fourth-order valence-electron chi connectivity index (χ4n) is 2.84. The van der Waals surface area contributed by atoms with Gasteiger partial charge in [-0.25, -0.2) is 0 Å². The molecule has 1 aromatic carbocycles. The number of primary amides is 1. The summed E-state index contributed by atoms with van der Waals surface area (Å²) >= 11 is 1.63. The van der Waals surface area contributed by atoms with E-state index in [1.165, 1.54) is 0 Å². The summed E-state index contributed by atoms with van der Waals surface area (Å²) in [6, 6.07) is 11.2. The van der Waals surface area contributed by atoms with Gasteiger partial charge < -0.3 is 15.4 Å². The van der Waals surface area contributed by atoms with E-state index in [0.29, 0.717) is 31.0 Å². The zero-order chi connectivity index (χ0) is 16.9. The van der Waals surface area contributed by atoms with E-state index >= 15 is 0 Å². The molecule has 6 heteroatoms. The maximum atomic E-state index is 12.7. The van der Waals surface area contributed by atoms with E-state index in [1.807, 2.05) is 29.6 Å². The van der Waals surface area contributed by atoms with Gasteiger partial charge in [0.25, 0.3) is 5.91 Å². The largest absolute Gasteiger partial charge is 0.488 e. The molecule has 0 spiro atoms. The number of rotatable bonds is 5. The highest BCUT2D eigenvalue weighted by Gasteiger charge is 2.27. The summed E-state index contributed by atoms with van der Waals surface area (Å²) in [5, 5.41) is 2.00. The molecule has 3 rings (SSSR count). The molecular weight excluding hydrogens is 324 g/mol. The van der Waals surface area contributed by atoms with Crippen molar-refractivity contribution in [2.45, 2.75) is 19.4 Å². The SMILES string of the molecule is NC(=O)C1CCCN(C(=O)c2cccc(OCc3cccs3)c2)C1. The van der Waals surface area contributed by atoms with Gasteiger partial charge in [-0.3, -0.25) is 9.59 Å². The molecule has 0 aliphatic carbocycles. The van der Waals surface area contributed by atoms with E-state index < -0.39 is 0 Å². The van der Waals surface area contributed by atoms with Crippen molar-refractivity contribution in [2.75, 3.05) is 13.1 Å². The molecule has 2 amide bonds. The number of piperidine rings is 1. The first kappa shape index (κ1) is 16.5. The molecule has 1 fully saturated rings. The molecule has 1 aliphatic heterocycles. The number of likely N-dealkylation sites (tertiary alicyclic amines) is 1. The maximum Gasteiger partial charge on any atom is 0.254 e. The van der Waals surface area contributed by atoms with E-state index in [0.717, 1.165) is 17.7 Å². The third kappa shape index (κ3) is 3.94. The number of ether oxygens (including phenoxy) is 1. The Morgan fingerprint density at radius 1 is 1.29 bits per heavy atom. The fourth-order valence-corrected chi connectivity index (χ4v) is 3.46. The number of nitrogens with zero attached hydrogens (tertiary/aromatic N) is 1. The summed E-state index contributed by atoms with van der Waals surface area (Å²) in [4.78, 5) is 26.9. The number of benzene rings is 1. The molecule has 24 heavy (non-hydrogen) atoms. The van der Waals surface area contributed by atoms with Crippen molar-refractivity contribution in [1.29, 1.82) is 0 Å². The second kappa shape index (κ2) is 7.49. The molecule has 0 radical (unpaired) electrons. The minimum Gasteiger partial charge on any atom is -0.488 e. The predicted octanol–water partition coefficient (Wildman–Crippen LogP) is 2.66. The Morgan fingerprint density at radius 2 is 2.17 bits per heavy atom. The topological polar surface area (TPSA) is 72.6 Å². The molecule has 2 heterocycles.